The first kappa shape index (κ1) is 16.8. The van der Waals surface area contributed by atoms with Crippen LogP contribution in [0.2, 0.25) is 0 Å². The number of halogens is 3. The third kappa shape index (κ3) is 4.20. The lowest BCUT2D eigenvalue weighted by Gasteiger charge is -2.20. The number of rotatable bonds is 5. The zero-order valence-electron chi connectivity index (χ0n) is 12.0. The molecule has 4 nitrogen and oxygen atoms in total. The van der Waals surface area contributed by atoms with Gasteiger partial charge in [-0.1, -0.05) is 30.3 Å². The molecule has 1 aromatic carbocycles. The lowest BCUT2D eigenvalue weighted by atomic mass is 10.0. The number of hydrogen-bond donors (Lipinski definition) is 2. The van der Waals surface area contributed by atoms with E-state index in [0.29, 0.717) is 0 Å². The van der Waals surface area contributed by atoms with Gasteiger partial charge in [-0.3, -0.25) is 0 Å². The van der Waals surface area contributed by atoms with Gasteiger partial charge in [-0.2, -0.15) is 18.4 Å². The molecule has 0 unspecified atom stereocenters. The van der Waals surface area contributed by atoms with Gasteiger partial charge in [0.05, 0.1) is 11.6 Å². The summed E-state index contributed by atoms with van der Waals surface area (Å²) >= 11 is 0. The Morgan fingerprint density at radius 3 is 2.43 bits per heavy atom. The topological polar surface area (TPSA) is 68.9 Å². The molecule has 1 heterocycles. The van der Waals surface area contributed by atoms with E-state index in [1.807, 2.05) is 12.1 Å². The smallest absolute Gasteiger partial charge is 0.396 e. The van der Waals surface area contributed by atoms with Crippen LogP contribution in [0.25, 0.3) is 0 Å². The molecule has 0 radical (unpaired) electrons. The number of aliphatic hydroxyl groups excluding tert-OH is 1. The van der Waals surface area contributed by atoms with Crippen LogP contribution in [0, 0.1) is 11.3 Å². The fraction of sp³-hybridized carbons (Fsp3) is 0.250. The van der Waals surface area contributed by atoms with Crippen molar-refractivity contribution in [2.75, 3.05) is 11.9 Å². The predicted octanol–water partition coefficient (Wildman–Crippen LogP) is 3.51. The zero-order chi connectivity index (χ0) is 16.9. The zero-order valence-corrected chi connectivity index (χ0v) is 12.0. The second kappa shape index (κ2) is 7.11. The monoisotopic (exact) mass is 321 g/mol. The Morgan fingerprint density at radius 1 is 1.17 bits per heavy atom. The van der Waals surface area contributed by atoms with Gasteiger partial charge < -0.3 is 10.4 Å². The van der Waals surface area contributed by atoms with Gasteiger partial charge in [-0.25, -0.2) is 4.98 Å². The van der Waals surface area contributed by atoms with Crippen LogP contribution in [0.3, 0.4) is 0 Å². The van der Waals surface area contributed by atoms with Crippen LogP contribution >= 0.6 is 0 Å². The second-order valence-electron chi connectivity index (χ2n) is 4.82. The van der Waals surface area contributed by atoms with Crippen molar-refractivity contribution in [1.29, 1.82) is 5.26 Å². The Bertz CT molecular complexity index is 696. The molecule has 1 atom stereocenters. The molecule has 7 heteroatoms. The quantitative estimate of drug-likeness (QED) is 0.884. The minimum absolute atomic E-state index is 0.0110. The number of nitriles is 1. The van der Waals surface area contributed by atoms with E-state index in [1.165, 1.54) is 0 Å². The van der Waals surface area contributed by atoms with Crippen LogP contribution in [0.5, 0.6) is 0 Å². The summed E-state index contributed by atoms with van der Waals surface area (Å²) in [7, 11) is 0. The molecule has 120 valence electrons. The van der Waals surface area contributed by atoms with E-state index in [0.717, 1.165) is 17.7 Å². The van der Waals surface area contributed by atoms with Crippen molar-refractivity contribution < 1.29 is 18.3 Å². The summed E-state index contributed by atoms with van der Waals surface area (Å²) in [4.78, 5) is 3.52. The van der Waals surface area contributed by atoms with E-state index in [1.54, 1.807) is 24.3 Å². The Morgan fingerprint density at radius 2 is 1.87 bits per heavy atom. The van der Waals surface area contributed by atoms with Crippen LogP contribution in [0.15, 0.2) is 42.5 Å². The standard InChI is InChI=1S/C16H14F3N3O/c17-16(18,19)14-7-6-12(10-20)15(22-14)21-13(8-9-23)11-4-2-1-3-5-11/h1-7,13,23H,8-9H2,(H,21,22)/t13-/m0/s1. The molecule has 0 aliphatic heterocycles. The van der Waals surface area contributed by atoms with Crippen molar-refractivity contribution in [1.82, 2.24) is 4.98 Å². The van der Waals surface area contributed by atoms with Crippen LogP contribution in [0.1, 0.15) is 29.3 Å². The van der Waals surface area contributed by atoms with E-state index in [4.69, 9.17) is 5.26 Å². The molecular formula is C16H14F3N3O. The second-order valence-corrected chi connectivity index (χ2v) is 4.82. The number of benzene rings is 1. The molecule has 0 fully saturated rings. The van der Waals surface area contributed by atoms with Gasteiger partial charge in [0, 0.05) is 6.61 Å². The Hall–Kier alpha value is -2.59. The minimum atomic E-state index is -4.59. The highest BCUT2D eigenvalue weighted by Gasteiger charge is 2.33. The van der Waals surface area contributed by atoms with Gasteiger partial charge in [-0.15, -0.1) is 0 Å². The highest BCUT2D eigenvalue weighted by molar-refractivity contribution is 5.53. The number of nitrogens with zero attached hydrogens (tertiary/aromatic N) is 2. The molecule has 23 heavy (non-hydrogen) atoms. The molecule has 0 spiro atoms. The van der Waals surface area contributed by atoms with Gasteiger partial charge in [0.15, 0.2) is 0 Å². The number of nitrogens with one attached hydrogen (secondary N) is 1. The predicted molar refractivity (Wildman–Crippen MR) is 78.5 cm³/mol. The number of anilines is 1. The van der Waals surface area contributed by atoms with Crippen LogP contribution in [-0.4, -0.2) is 16.7 Å². The maximum absolute atomic E-state index is 12.8. The lowest BCUT2D eigenvalue weighted by Crippen LogP contribution is -2.16. The largest absolute Gasteiger partial charge is 0.433 e. The lowest BCUT2D eigenvalue weighted by molar-refractivity contribution is -0.141. The highest BCUT2D eigenvalue weighted by Crippen LogP contribution is 2.31. The molecule has 0 saturated carbocycles. The minimum Gasteiger partial charge on any atom is -0.396 e. The normalized spacial score (nSPS) is 12.5. The van der Waals surface area contributed by atoms with Crippen molar-refractivity contribution in [2.45, 2.75) is 18.6 Å². The molecule has 1 aromatic heterocycles. The van der Waals surface area contributed by atoms with Crippen LogP contribution < -0.4 is 5.32 Å². The first-order valence-electron chi connectivity index (χ1n) is 6.86. The average molecular weight is 321 g/mol. The number of aromatic nitrogens is 1. The summed E-state index contributed by atoms with van der Waals surface area (Å²) in [6.45, 7) is -0.159. The molecule has 2 rings (SSSR count). The average Bonchev–Trinajstić information content (AvgIpc) is 2.54. The highest BCUT2D eigenvalue weighted by atomic mass is 19.4. The SMILES string of the molecule is N#Cc1ccc(C(F)(F)F)nc1N[C@@H](CCO)c1ccccc1. The van der Waals surface area contributed by atoms with Gasteiger partial charge in [-0.05, 0) is 24.1 Å². The molecule has 2 aromatic rings. The van der Waals surface area contributed by atoms with E-state index >= 15 is 0 Å². The Labute approximate surface area is 131 Å². The molecule has 0 saturated heterocycles. The Kier molecular flexibility index (Phi) is 5.19. The molecular weight excluding hydrogens is 307 g/mol. The summed E-state index contributed by atoms with van der Waals surface area (Å²) in [5, 5.41) is 21.1. The van der Waals surface area contributed by atoms with Crippen molar-refractivity contribution in [3.05, 3.63) is 59.3 Å². The van der Waals surface area contributed by atoms with E-state index < -0.39 is 17.9 Å². The van der Waals surface area contributed by atoms with Crippen molar-refractivity contribution >= 4 is 5.82 Å². The summed E-state index contributed by atoms with van der Waals surface area (Å²) in [5.74, 6) is -0.148. The first-order chi connectivity index (χ1) is 11.0. The number of aliphatic hydroxyl groups is 1. The number of hydrogen-bond acceptors (Lipinski definition) is 4. The van der Waals surface area contributed by atoms with E-state index in [-0.39, 0.29) is 24.4 Å². The van der Waals surface area contributed by atoms with Crippen molar-refractivity contribution in [3.63, 3.8) is 0 Å². The van der Waals surface area contributed by atoms with Gasteiger partial charge in [0.25, 0.3) is 0 Å². The fourth-order valence-electron chi connectivity index (χ4n) is 2.12. The van der Waals surface area contributed by atoms with Gasteiger partial charge >= 0.3 is 6.18 Å². The van der Waals surface area contributed by atoms with Crippen LogP contribution in [-0.2, 0) is 6.18 Å². The molecule has 0 aliphatic rings. The molecule has 0 bridgehead atoms. The molecule has 2 N–H and O–H groups in total. The maximum atomic E-state index is 12.8. The van der Waals surface area contributed by atoms with E-state index in [2.05, 4.69) is 10.3 Å². The maximum Gasteiger partial charge on any atom is 0.433 e. The third-order valence-corrected chi connectivity index (χ3v) is 3.24. The Balaban J connectivity index is 2.37. The summed E-state index contributed by atoms with van der Waals surface area (Å²) in [5.41, 5.74) is -0.281. The summed E-state index contributed by atoms with van der Waals surface area (Å²) < 4.78 is 38.4. The molecule has 0 amide bonds. The summed E-state index contributed by atoms with van der Waals surface area (Å²) in [6.07, 6.45) is -4.32. The number of alkyl halides is 3. The van der Waals surface area contributed by atoms with Crippen molar-refractivity contribution in [3.8, 4) is 6.07 Å². The van der Waals surface area contributed by atoms with Crippen LogP contribution in [0.4, 0.5) is 19.0 Å². The fourth-order valence-corrected chi connectivity index (χ4v) is 2.12. The van der Waals surface area contributed by atoms with Crippen molar-refractivity contribution in [2.24, 2.45) is 0 Å². The van der Waals surface area contributed by atoms with Gasteiger partial charge in [0.2, 0.25) is 0 Å². The van der Waals surface area contributed by atoms with Gasteiger partial charge in [0.1, 0.15) is 17.6 Å². The third-order valence-electron chi connectivity index (χ3n) is 3.24. The first-order valence-corrected chi connectivity index (χ1v) is 6.86. The summed E-state index contributed by atoms with van der Waals surface area (Å²) in [6, 6.07) is 12.2. The molecule has 0 aliphatic carbocycles. The number of pyridine rings is 1. The van der Waals surface area contributed by atoms with E-state index in [9.17, 15) is 18.3 Å².